The molecule has 0 aromatic carbocycles. The zero-order chi connectivity index (χ0) is 6.16. The van der Waals surface area contributed by atoms with E-state index in [0.717, 1.165) is 0 Å². The van der Waals surface area contributed by atoms with Crippen LogP contribution in [0.5, 0.6) is 0 Å². The topological polar surface area (TPSA) is 0 Å². The van der Waals surface area contributed by atoms with Crippen molar-refractivity contribution in [3.63, 3.8) is 0 Å². The Kier molecular flexibility index (Phi) is 0.786. The molecule has 0 N–H and O–H groups in total. The monoisotopic (exact) mass is 116 g/mol. The van der Waals surface area contributed by atoms with Crippen molar-refractivity contribution >= 4 is 0 Å². The van der Waals surface area contributed by atoms with Crippen LogP contribution in [0, 0.1) is 5.41 Å². The third-order valence-electron chi connectivity index (χ3n) is 1.76. The van der Waals surface area contributed by atoms with E-state index in [-0.39, 0.29) is 5.41 Å². The molecule has 2 rings (SSSR count). The fourth-order valence-corrected chi connectivity index (χ4v) is 1.22. The van der Waals surface area contributed by atoms with Crippen molar-refractivity contribution in [2.45, 2.75) is 0 Å². The summed E-state index contributed by atoms with van der Waals surface area (Å²) in [5, 5.41) is 0. The second kappa shape index (κ2) is 1.47. The summed E-state index contributed by atoms with van der Waals surface area (Å²) in [5.41, 5.74) is 0.167. The second-order valence-corrected chi connectivity index (χ2v) is 2.44. The molecule has 0 atom stereocenters. The van der Waals surface area contributed by atoms with Gasteiger partial charge in [-0.3, -0.25) is 0 Å². The fraction of sp³-hybridized carbons (Fsp3) is 0.111. The lowest BCUT2D eigenvalue weighted by molar-refractivity contribution is 0.851. The van der Waals surface area contributed by atoms with E-state index in [2.05, 4.69) is 48.6 Å². The lowest BCUT2D eigenvalue weighted by atomic mass is 9.93. The zero-order valence-corrected chi connectivity index (χ0v) is 5.12. The van der Waals surface area contributed by atoms with Crippen molar-refractivity contribution in [3.05, 3.63) is 48.6 Å². The van der Waals surface area contributed by atoms with Gasteiger partial charge in [-0.05, 0) is 0 Å². The Balaban J connectivity index is 2.46. The first-order valence-electron chi connectivity index (χ1n) is 3.15. The molecule has 0 unspecified atom stereocenters. The highest BCUT2D eigenvalue weighted by Gasteiger charge is 2.20. The molecule has 0 aliphatic heterocycles. The molecule has 0 aromatic rings. The minimum atomic E-state index is 0.167. The summed E-state index contributed by atoms with van der Waals surface area (Å²) >= 11 is 0. The molecule has 0 fully saturated rings. The molecule has 0 heteroatoms. The maximum absolute atomic E-state index is 2.19. The molecule has 0 aromatic heterocycles. The van der Waals surface area contributed by atoms with Crippen molar-refractivity contribution in [2.24, 2.45) is 5.41 Å². The molecule has 0 radical (unpaired) electrons. The van der Waals surface area contributed by atoms with E-state index in [9.17, 15) is 0 Å². The predicted octanol–water partition coefficient (Wildman–Crippen LogP) is 2.22. The van der Waals surface area contributed by atoms with Crippen LogP contribution >= 0.6 is 0 Å². The Labute approximate surface area is 54.9 Å². The van der Waals surface area contributed by atoms with Gasteiger partial charge >= 0.3 is 0 Å². The molecule has 0 bridgehead atoms. The van der Waals surface area contributed by atoms with Gasteiger partial charge in [-0.2, -0.15) is 0 Å². The second-order valence-electron chi connectivity index (χ2n) is 2.44. The summed E-state index contributed by atoms with van der Waals surface area (Å²) in [5.74, 6) is 0. The summed E-state index contributed by atoms with van der Waals surface area (Å²) in [6.45, 7) is 0. The average Bonchev–Trinajstić information content (AvgIpc) is 2.45. The largest absolute Gasteiger partial charge is 0.0670 e. The molecule has 2 aliphatic rings. The molecule has 0 saturated carbocycles. The van der Waals surface area contributed by atoms with E-state index < -0.39 is 0 Å². The van der Waals surface area contributed by atoms with Crippen LogP contribution in [0.1, 0.15) is 0 Å². The maximum atomic E-state index is 2.19. The lowest BCUT2D eigenvalue weighted by Crippen LogP contribution is -2.00. The number of allylic oxidation sites excluding steroid dienone is 8. The molecule has 0 heterocycles. The Morgan fingerprint density at radius 2 is 0.889 bits per heavy atom. The number of hydrogen-bond acceptors (Lipinski definition) is 0. The van der Waals surface area contributed by atoms with Gasteiger partial charge in [0, 0.05) is 5.41 Å². The first-order chi connectivity index (χ1) is 4.41. The van der Waals surface area contributed by atoms with Crippen LogP contribution < -0.4 is 0 Å². The third kappa shape index (κ3) is 0.595. The molecular formula is C9H8. The van der Waals surface area contributed by atoms with Gasteiger partial charge in [-0.1, -0.05) is 48.6 Å². The minimum absolute atomic E-state index is 0.167. The standard InChI is InChI=1S/C9H8/c1-2-6-9(5-1)7-3-4-8-9/h1-8H. The molecule has 1 spiro atoms. The van der Waals surface area contributed by atoms with E-state index in [0.29, 0.717) is 0 Å². The van der Waals surface area contributed by atoms with Crippen molar-refractivity contribution in [1.82, 2.24) is 0 Å². The average molecular weight is 116 g/mol. The van der Waals surface area contributed by atoms with E-state index in [1.165, 1.54) is 0 Å². The van der Waals surface area contributed by atoms with Crippen LogP contribution in [0.25, 0.3) is 0 Å². The van der Waals surface area contributed by atoms with Crippen LogP contribution in [-0.2, 0) is 0 Å². The Hall–Kier alpha value is -1.04. The number of rotatable bonds is 0. The summed E-state index contributed by atoms with van der Waals surface area (Å²) < 4.78 is 0. The van der Waals surface area contributed by atoms with Crippen LogP contribution in [0.4, 0.5) is 0 Å². The quantitative estimate of drug-likeness (QED) is 0.455. The summed E-state index contributed by atoms with van der Waals surface area (Å²) in [7, 11) is 0. The molecule has 44 valence electrons. The number of hydrogen-bond donors (Lipinski definition) is 0. The van der Waals surface area contributed by atoms with Gasteiger partial charge in [-0.25, -0.2) is 0 Å². The van der Waals surface area contributed by atoms with Crippen molar-refractivity contribution in [2.75, 3.05) is 0 Å². The van der Waals surface area contributed by atoms with Gasteiger partial charge in [0.15, 0.2) is 0 Å². The Morgan fingerprint density at radius 3 is 1.22 bits per heavy atom. The summed E-state index contributed by atoms with van der Waals surface area (Å²) in [4.78, 5) is 0. The van der Waals surface area contributed by atoms with Crippen LogP contribution in [-0.4, -0.2) is 0 Å². The predicted molar refractivity (Wildman–Crippen MR) is 39.0 cm³/mol. The molecule has 9 heavy (non-hydrogen) atoms. The maximum Gasteiger partial charge on any atom is 0.0435 e. The van der Waals surface area contributed by atoms with E-state index >= 15 is 0 Å². The van der Waals surface area contributed by atoms with Gasteiger partial charge in [0.05, 0.1) is 0 Å². The van der Waals surface area contributed by atoms with Crippen LogP contribution in [0.2, 0.25) is 0 Å². The van der Waals surface area contributed by atoms with Crippen molar-refractivity contribution < 1.29 is 0 Å². The summed E-state index contributed by atoms with van der Waals surface area (Å²) in [6.07, 6.45) is 17.1. The van der Waals surface area contributed by atoms with E-state index in [1.807, 2.05) is 0 Å². The first-order valence-corrected chi connectivity index (χ1v) is 3.15. The molecule has 0 nitrogen and oxygen atoms in total. The van der Waals surface area contributed by atoms with Crippen LogP contribution in [0.15, 0.2) is 48.6 Å². The molecule has 0 amide bonds. The van der Waals surface area contributed by atoms with Crippen molar-refractivity contribution in [1.29, 1.82) is 0 Å². The van der Waals surface area contributed by atoms with Crippen LogP contribution in [0.3, 0.4) is 0 Å². The normalized spacial score (nSPS) is 24.9. The van der Waals surface area contributed by atoms with Gasteiger partial charge in [-0.15, -0.1) is 0 Å². The Bertz CT molecular complexity index is 173. The highest BCUT2D eigenvalue weighted by molar-refractivity contribution is 5.42. The highest BCUT2D eigenvalue weighted by atomic mass is 14.2. The third-order valence-corrected chi connectivity index (χ3v) is 1.76. The fourth-order valence-electron chi connectivity index (χ4n) is 1.22. The molecule has 0 saturated heterocycles. The van der Waals surface area contributed by atoms with E-state index in [4.69, 9.17) is 0 Å². The highest BCUT2D eigenvalue weighted by Crippen LogP contribution is 2.32. The van der Waals surface area contributed by atoms with Gasteiger partial charge < -0.3 is 0 Å². The zero-order valence-electron chi connectivity index (χ0n) is 5.12. The first kappa shape index (κ1) is 4.80. The summed E-state index contributed by atoms with van der Waals surface area (Å²) in [6, 6.07) is 0. The molecule has 2 aliphatic carbocycles. The van der Waals surface area contributed by atoms with E-state index in [1.54, 1.807) is 0 Å². The van der Waals surface area contributed by atoms with Gasteiger partial charge in [0.25, 0.3) is 0 Å². The Morgan fingerprint density at radius 1 is 0.556 bits per heavy atom. The smallest absolute Gasteiger partial charge is 0.0435 e. The SMILES string of the molecule is C1=CC2(C=C1)C=CC=C2. The lowest BCUT2D eigenvalue weighted by Gasteiger charge is -2.10. The minimum Gasteiger partial charge on any atom is -0.0670 e. The van der Waals surface area contributed by atoms with Gasteiger partial charge in [0.2, 0.25) is 0 Å². The van der Waals surface area contributed by atoms with Crippen molar-refractivity contribution in [3.8, 4) is 0 Å². The molecular weight excluding hydrogens is 108 g/mol. The van der Waals surface area contributed by atoms with Gasteiger partial charge in [0.1, 0.15) is 0 Å².